The van der Waals surface area contributed by atoms with Crippen LogP contribution in [-0.2, 0) is 19.7 Å². The van der Waals surface area contributed by atoms with Gasteiger partial charge in [-0.05, 0) is 53.8 Å². The van der Waals surface area contributed by atoms with E-state index in [1.165, 1.54) is 6.08 Å². The fourth-order valence-electron chi connectivity index (χ4n) is 3.46. The number of esters is 2. The molecule has 3 aromatic rings. The summed E-state index contributed by atoms with van der Waals surface area (Å²) >= 11 is 0. The monoisotopic (exact) mass is 454 g/mol. The second kappa shape index (κ2) is 10.3. The van der Waals surface area contributed by atoms with E-state index in [-0.39, 0.29) is 11.5 Å². The average Bonchev–Trinajstić information content (AvgIpc) is 2.84. The molecule has 0 fully saturated rings. The summed E-state index contributed by atoms with van der Waals surface area (Å²) in [5.41, 5.74) is 5.41. The molecule has 0 saturated carbocycles. The largest absolute Gasteiger partial charge is 0.459 e. The van der Waals surface area contributed by atoms with E-state index in [1.807, 2.05) is 19.1 Å². The van der Waals surface area contributed by atoms with Crippen molar-refractivity contribution in [1.82, 2.24) is 0 Å². The molecule has 0 aliphatic heterocycles. The zero-order chi connectivity index (χ0) is 24.9. The zero-order valence-electron chi connectivity index (χ0n) is 20.1. The first-order valence-corrected chi connectivity index (χ1v) is 11.1. The first-order chi connectivity index (χ1) is 16.1. The Balaban J connectivity index is 1.72. The number of hydrogen-bond acceptors (Lipinski definition) is 4. The van der Waals surface area contributed by atoms with Gasteiger partial charge in [-0.2, -0.15) is 0 Å². The van der Waals surface area contributed by atoms with Crippen LogP contribution in [0.25, 0.3) is 22.3 Å². The van der Waals surface area contributed by atoms with Crippen molar-refractivity contribution >= 4 is 11.9 Å². The Hall–Kier alpha value is -3.92. The van der Waals surface area contributed by atoms with Crippen molar-refractivity contribution in [3.8, 4) is 28.0 Å². The molecule has 0 heterocycles. The van der Waals surface area contributed by atoms with Gasteiger partial charge in [-0.15, -0.1) is 0 Å². The van der Waals surface area contributed by atoms with Crippen molar-refractivity contribution in [2.45, 2.75) is 39.2 Å². The van der Waals surface area contributed by atoms with Gasteiger partial charge in [0.25, 0.3) is 0 Å². The fourth-order valence-corrected chi connectivity index (χ4v) is 3.46. The maximum Gasteiger partial charge on any atom is 0.338 e. The minimum Gasteiger partial charge on any atom is -0.459 e. The zero-order valence-corrected chi connectivity index (χ0v) is 20.1. The quantitative estimate of drug-likeness (QED) is 0.211. The lowest BCUT2D eigenvalue weighted by Crippen LogP contribution is -2.34. The van der Waals surface area contributed by atoms with Crippen molar-refractivity contribution in [3.63, 3.8) is 0 Å². The Morgan fingerprint density at radius 3 is 1.65 bits per heavy atom. The fraction of sp³-hybridized carbons (Fsp3) is 0.200. The number of hydrogen-bond donors (Lipinski definition) is 0. The van der Waals surface area contributed by atoms with Gasteiger partial charge in [0.2, 0.25) is 0 Å². The summed E-state index contributed by atoms with van der Waals surface area (Å²) in [4.78, 5) is 23.2. The van der Waals surface area contributed by atoms with E-state index in [0.717, 1.165) is 27.8 Å². The van der Waals surface area contributed by atoms with Crippen LogP contribution < -0.4 is 4.74 Å². The van der Waals surface area contributed by atoms with Gasteiger partial charge in [-0.1, -0.05) is 87.7 Å². The lowest BCUT2D eigenvalue weighted by Gasteiger charge is -2.31. The second-order valence-electron chi connectivity index (χ2n) is 8.85. The van der Waals surface area contributed by atoms with Gasteiger partial charge in [-0.3, -0.25) is 0 Å². The minimum atomic E-state index is -0.432. The standard InChI is InChI=1S/C30H30O4/c1-7-28(31)33-21(4)30(5,6)26-16-12-24(13-17-26)22-8-10-23(11-9-22)25-14-18-27(19-15-25)34-29(32)20(2)3/h7-19,21H,1-2H2,3-6H3. The molecule has 0 amide bonds. The van der Waals surface area contributed by atoms with Crippen LogP contribution in [-0.4, -0.2) is 18.0 Å². The average molecular weight is 455 g/mol. The molecule has 0 aliphatic rings. The molecule has 0 spiro atoms. The molecule has 34 heavy (non-hydrogen) atoms. The van der Waals surface area contributed by atoms with Crippen LogP contribution in [0.3, 0.4) is 0 Å². The smallest absolute Gasteiger partial charge is 0.338 e. The van der Waals surface area contributed by atoms with E-state index < -0.39 is 11.9 Å². The van der Waals surface area contributed by atoms with E-state index >= 15 is 0 Å². The van der Waals surface area contributed by atoms with Crippen LogP contribution >= 0.6 is 0 Å². The molecule has 4 heteroatoms. The van der Waals surface area contributed by atoms with Crippen LogP contribution in [0, 0.1) is 0 Å². The van der Waals surface area contributed by atoms with Crippen LogP contribution in [0.4, 0.5) is 0 Å². The maximum absolute atomic E-state index is 11.7. The Morgan fingerprint density at radius 1 is 0.824 bits per heavy atom. The van der Waals surface area contributed by atoms with Gasteiger partial charge in [0, 0.05) is 17.1 Å². The molecule has 0 radical (unpaired) electrons. The summed E-state index contributed by atoms with van der Waals surface area (Å²) in [6.45, 7) is 14.7. The van der Waals surface area contributed by atoms with Crippen molar-refractivity contribution in [2.24, 2.45) is 0 Å². The highest BCUT2D eigenvalue weighted by Gasteiger charge is 2.30. The van der Waals surface area contributed by atoms with Gasteiger partial charge < -0.3 is 9.47 Å². The molecule has 0 aromatic heterocycles. The highest BCUT2D eigenvalue weighted by Crippen LogP contribution is 2.32. The summed E-state index contributed by atoms with van der Waals surface area (Å²) < 4.78 is 10.7. The van der Waals surface area contributed by atoms with Crippen molar-refractivity contribution in [1.29, 1.82) is 0 Å². The van der Waals surface area contributed by atoms with E-state index in [2.05, 4.69) is 75.5 Å². The first kappa shape index (κ1) is 24.7. The highest BCUT2D eigenvalue weighted by atomic mass is 16.5. The predicted octanol–water partition coefficient (Wildman–Crippen LogP) is 6.90. The summed E-state index contributed by atoms with van der Waals surface area (Å²) in [5.74, 6) is -0.358. The molecule has 174 valence electrons. The van der Waals surface area contributed by atoms with Crippen molar-refractivity contribution < 1.29 is 19.1 Å². The molecule has 0 aliphatic carbocycles. The van der Waals surface area contributed by atoms with Crippen LogP contribution in [0.5, 0.6) is 5.75 Å². The van der Waals surface area contributed by atoms with Gasteiger partial charge >= 0.3 is 11.9 Å². The summed E-state index contributed by atoms with van der Waals surface area (Å²) in [7, 11) is 0. The number of benzene rings is 3. The van der Waals surface area contributed by atoms with Crippen LogP contribution in [0.15, 0.2) is 97.6 Å². The number of carbonyl (C=O) groups excluding carboxylic acids is 2. The summed E-state index contributed by atoms with van der Waals surface area (Å²) in [6.07, 6.45) is 0.894. The normalized spacial score (nSPS) is 11.9. The molecular formula is C30H30O4. The first-order valence-electron chi connectivity index (χ1n) is 11.1. The molecule has 0 N–H and O–H groups in total. The summed E-state index contributed by atoms with van der Waals surface area (Å²) in [6, 6.07) is 24.0. The Bertz CT molecular complexity index is 1180. The van der Waals surface area contributed by atoms with E-state index in [1.54, 1.807) is 19.1 Å². The molecule has 1 atom stereocenters. The van der Waals surface area contributed by atoms with Gasteiger partial charge in [0.1, 0.15) is 11.9 Å². The Morgan fingerprint density at radius 2 is 1.24 bits per heavy atom. The highest BCUT2D eigenvalue weighted by molar-refractivity contribution is 5.88. The third kappa shape index (κ3) is 5.70. The summed E-state index contributed by atoms with van der Waals surface area (Å²) in [5, 5.41) is 0. The minimum absolute atomic E-state index is 0.293. The Labute approximate surface area is 201 Å². The Kier molecular flexibility index (Phi) is 7.52. The van der Waals surface area contributed by atoms with Crippen LogP contribution in [0.1, 0.15) is 33.3 Å². The third-order valence-corrected chi connectivity index (χ3v) is 6.07. The molecule has 0 saturated heterocycles. The van der Waals surface area contributed by atoms with Crippen molar-refractivity contribution in [3.05, 3.63) is 103 Å². The number of ether oxygens (including phenoxy) is 2. The molecule has 3 rings (SSSR count). The lowest BCUT2D eigenvalue weighted by molar-refractivity contribution is -0.145. The second-order valence-corrected chi connectivity index (χ2v) is 8.85. The number of rotatable bonds is 8. The van der Waals surface area contributed by atoms with Crippen LogP contribution in [0.2, 0.25) is 0 Å². The molecule has 3 aromatic carbocycles. The van der Waals surface area contributed by atoms with Gasteiger partial charge in [0.05, 0.1) is 0 Å². The molecule has 1 unspecified atom stereocenters. The van der Waals surface area contributed by atoms with E-state index in [4.69, 9.17) is 9.47 Å². The van der Waals surface area contributed by atoms with E-state index in [9.17, 15) is 9.59 Å². The third-order valence-electron chi connectivity index (χ3n) is 6.07. The molecule has 4 nitrogen and oxygen atoms in total. The van der Waals surface area contributed by atoms with Gasteiger partial charge in [0.15, 0.2) is 0 Å². The van der Waals surface area contributed by atoms with Gasteiger partial charge in [-0.25, -0.2) is 9.59 Å². The van der Waals surface area contributed by atoms with Crippen molar-refractivity contribution in [2.75, 3.05) is 0 Å². The maximum atomic E-state index is 11.7. The topological polar surface area (TPSA) is 52.6 Å². The predicted molar refractivity (Wildman–Crippen MR) is 137 cm³/mol. The SMILES string of the molecule is C=CC(=O)OC(C)C(C)(C)c1ccc(-c2ccc(-c3ccc(OC(=O)C(=C)C)cc3)cc2)cc1. The van der Waals surface area contributed by atoms with E-state index in [0.29, 0.717) is 11.3 Å². The number of carbonyl (C=O) groups is 2. The molecular weight excluding hydrogens is 424 g/mol. The lowest BCUT2D eigenvalue weighted by atomic mass is 9.79. The molecule has 0 bridgehead atoms.